The van der Waals surface area contributed by atoms with Gasteiger partial charge in [0.1, 0.15) is 24.6 Å². The highest BCUT2D eigenvalue weighted by atomic mass is 32.2. The fraction of sp³-hybridized carbons (Fsp3) is 0.688. The summed E-state index contributed by atoms with van der Waals surface area (Å²) in [6.45, 7) is 1.77. The van der Waals surface area contributed by atoms with E-state index in [-0.39, 0.29) is 5.82 Å². The molecule has 0 aromatic carbocycles. The van der Waals surface area contributed by atoms with E-state index in [1.54, 1.807) is 4.57 Å². The number of rotatable bonds is 8. The molecule has 0 aliphatic carbocycles. The summed E-state index contributed by atoms with van der Waals surface area (Å²) >= 11 is 1.52. The minimum Gasteiger partial charge on any atom is -0.394 e. The maximum atomic E-state index is 10.4. The molecule has 10 heteroatoms. The van der Waals surface area contributed by atoms with Crippen LogP contribution in [0.25, 0.3) is 11.2 Å². The number of thioether (sulfide) groups is 1. The number of ether oxygens (including phenoxy) is 1. The van der Waals surface area contributed by atoms with Crippen LogP contribution in [-0.4, -0.2) is 65.5 Å². The lowest BCUT2D eigenvalue weighted by Crippen LogP contribution is -2.33. The van der Waals surface area contributed by atoms with Crippen molar-refractivity contribution in [1.29, 1.82) is 0 Å². The van der Waals surface area contributed by atoms with Gasteiger partial charge in [-0.2, -0.15) is 0 Å². The predicted octanol–water partition coefficient (Wildman–Crippen LogP) is 0.692. The minimum absolute atomic E-state index is 0.244. The quantitative estimate of drug-likeness (QED) is 0.383. The maximum Gasteiger partial charge on any atom is 0.172 e. The number of anilines is 1. The lowest BCUT2D eigenvalue weighted by Gasteiger charge is -2.19. The van der Waals surface area contributed by atoms with Gasteiger partial charge in [0.2, 0.25) is 0 Å². The second-order valence-corrected chi connectivity index (χ2v) is 7.40. The first-order valence-corrected chi connectivity index (χ1v) is 9.80. The highest BCUT2D eigenvalue weighted by molar-refractivity contribution is 7.99. The van der Waals surface area contributed by atoms with Crippen LogP contribution < -0.4 is 5.73 Å². The van der Waals surface area contributed by atoms with Crippen molar-refractivity contribution in [2.75, 3.05) is 18.1 Å². The third-order valence-corrected chi connectivity index (χ3v) is 5.51. The number of hydrogen-bond acceptors (Lipinski definition) is 9. The highest BCUT2D eigenvalue weighted by Gasteiger charge is 2.45. The summed E-state index contributed by atoms with van der Waals surface area (Å²) in [6, 6.07) is 0. The Kier molecular flexibility index (Phi) is 6.30. The molecule has 0 saturated carbocycles. The number of imidazole rings is 1. The molecule has 4 atom stereocenters. The molecular formula is C16H25N5O4S. The number of nitrogen functional groups attached to an aromatic ring is 1. The first kappa shape index (κ1) is 19.3. The van der Waals surface area contributed by atoms with Crippen LogP contribution in [-0.2, 0) is 4.74 Å². The van der Waals surface area contributed by atoms with Crippen molar-refractivity contribution in [3.8, 4) is 0 Å². The van der Waals surface area contributed by atoms with Crippen LogP contribution in [0.2, 0.25) is 0 Å². The lowest BCUT2D eigenvalue weighted by molar-refractivity contribution is -0.0548. The molecule has 1 aliphatic heterocycles. The summed E-state index contributed by atoms with van der Waals surface area (Å²) in [5.41, 5.74) is 6.78. The van der Waals surface area contributed by atoms with E-state index < -0.39 is 31.1 Å². The average Bonchev–Trinajstić information content (AvgIpc) is 3.14. The smallest absolute Gasteiger partial charge is 0.172 e. The van der Waals surface area contributed by atoms with Crippen molar-refractivity contribution in [2.24, 2.45) is 0 Å². The molecule has 3 heterocycles. The first-order chi connectivity index (χ1) is 12.6. The Morgan fingerprint density at radius 1 is 1.23 bits per heavy atom. The van der Waals surface area contributed by atoms with Gasteiger partial charge in [-0.3, -0.25) is 4.57 Å². The van der Waals surface area contributed by atoms with Gasteiger partial charge in [0.25, 0.3) is 0 Å². The van der Waals surface area contributed by atoms with E-state index in [0.717, 1.165) is 25.0 Å². The number of aliphatic hydroxyl groups is 3. The SMILES string of the molecule is CCCCCCSc1nc2c(N)ncnc2n1[C@@H]1O[C@H](CO)[C@@H](O)[C@H]1O. The molecule has 144 valence electrons. The Balaban J connectivity index is 1.91. The number of nitrogens with zero attached hydrogens (tertiary/aromatic N) is 4. The molecule has 1 fully saturated rings. The Labute approximate surface area is 155 Å². The molecule has 2 aromatic rings. The molecule has 1 saturated heterocycles. The Morgan fingerprint density at radius 3 is 2.73 bits per heavy atom. The second kappa shape index (κ2) is 8.49. The zero-order valence-electron chi connectivity index (χ0n) is 14.7. The van der Waals surface area contributed by atoms with E-state index in [9.17, 15) is 15.3 Å². The van der Waals surface area contributed by atoms with Gasteiger partial charge >= 0.3 is 0 Å². The summed E-state index contributed by atoms with van der Waals surface area (Å²) < 4.78 is 7.31. The summed E-state index contributed by atoms with van der Waals surface area (Å²) in [5, 5.41) is 30.4. The van der Waals surface area contributed by atoms with Crippen molar-refractivity contribution in [1.82, 2.24) is 19.5 Å². The molecule has 2 aromatic heterocycles. The van der Waals surface area contributed by atoms with E-state index in [1.165, 1.54) is 24.5 Å². The largest absolute Gasteiger partial charge is 0.394 e. The summed E-state index contributed by atoms with van der Waals surface area (Å²) in [7, 11) is 0. The van der Waals surface area contributed by atoms with Gasteiger partial charge in [0.05, 0.1) is 6.61 Å². The molecule has 26 heavy (non-hydrogen) atoms. The summed E-state index contributed by atoms with van der Waals surface area (Å²) in [5.74, 6) is 1.10. The highest BCUT2D eigenvalue weighted by Crippen LogP contribution is 2.36. The molecule has 0 spiro atoms. The van der Waals surface area contributed by atoms with E-state index in [1.807, 2.05) is 0 Å². The van der Waals surface area contributed by atoms with Crippen LogP contribution in [0.5, 0.6) is 0 Å². The van der Waals surface area contributed by atoms with Gasteiger partial charge in [-0.05, 0) is 6.42 Å². The van der Waals surface area contributed by atoms with E-state index >= 15 is 0 Å². The van der Waals surface area contributed by atoms with Crippen molar-refractivity contribution >= 4 is 28.7 Å². The first-order valence-electron chi connectivity index (χ1n) is 8.82. The van der Waals surface area contributed by atoms with Crippen molar-refractivity contribution in [2.45, 2.75) is 62.3 Å². The van der Waals surface area contributed by atoms with Crippen LogP contribution >= 0.6 is 11.8 Å². The van der Waals surface area contributed by atoms with Gasteiger partial charge in [-0.15, -0.1) is 0 Å². The number of nitrogens with two attached hydrogens (primary N) is 1. The topological polar surface area (TPSA) is 140 Å². The monoisotopic (exact) mass is 383 g/mol. The number of unbranched alkanes of at least 4 members (excludes halogenated alkanes) is 3. The van der Waals surface area contributed by atoms with Gasteiger partial charge < -0.3 is 25.8 Å². The van der Waals surface area contributed by atoms with Gasteiger partial charge in [-0.25, -0.2) is 15.0 Å². The van der Waals surface area contributed by atoms with E-state index in [4.69, 9.17) is 10.5 Å². The Morgan fingerprint density at radius 2 is 2.04 bits per heavy atom. The van der Waals surface area contributed by atoms with Crippen LogP contribution in [0.1, 0.15) is 38.8 Å². The summed E-state index contributed by atoms with van der Waals surface area (Å²) in [6.07, 6.45) is 1.69. The van der Waals surface area contributed by atoms with Crippen LogP contribution in [0.15, 0.2) is 11.5 Å². The zero-order valence-corrected chi connectivity index (χ0v) is 15.5. The molecule has 3 rings (SSSR count). The number of fused-ring (bicyclic) bond motifs is 1. The third kappa shape index (κ3) is 3.65. The van der Waals surface area contributed by atoms with Gasteiger partial charge in [-0.1, -0.05) is 37.9 Å². The van der Waals surface area contributed by atoms with Crippen LogP contribution in [0.4, 0.5) is 5.82 Å². The fourth-order valence-corrected chi connectivity index (χ4v) is 4.04. The predicted molar refractivity (Wildman–Crippen MR) is 97.6 cm³/mol. The number of aliphatic hydroxyl groups excluding tert-OH is 3. The molecular weight excluding hydrogens is 358 g/mol. The fourth-order valence-electron chi connectivity index (χ4n) is 3.02. The standard InChI is InChI=1S/C16H25N5O4S/c1-2-3-4-5-6-26-16-20-10-13(17)18-8-19-14(10)21(16)15-12(24)11(23)9(7-22)25-15/h8-9,11-12,15,22-24H,2-7H2,1H3,(H2,17,18,19)/t9-,11-,12-,15-/m1/s1. The maximum absolute atomic E-state index is 10.4. The molecule has 5 N–H and O–H groups in total. The van der Waals surface area contributed by atoms with E-state index in [2.05, 4.69) is 21.9 Å². The average molecular weight is 383 g/mol. The van der Waals surface area contributed by atoms with Crippen LogP contribution in [0, 0.1) is 0 Å². The van der Waals surface area contributed by atoms with Gasteiger partial charge in [0, 0.05) is 5.75 Å². The lowest BCUT2D eigenvalue weighted by atomic mass is 10.1. The molecule has 0 radical (unpaired) electrons. The van der Waals surface area contributed by atoms with Crippen molar-refractivity contribution < 1.29 is 20.1 Å². The van der Waals surface area contributed by atoms with Crippen molar-refractivity contribution in [3.63, 3.8) is 0 Å². The Hall–Kier alpha value is -1.46. The summed E-state index contributed by atoms with van der Waals surface area (Å²) in [4.78, 5) is 12.7. The molecule has 0 unspecified atom stereocenters. The second-order valence-electron chi connectivity index (χ2n) is 6.33. The molecule has 1 aliphatic rings. The number of hydrogen-bond donors (Lipinski definition) is 4. The van der Waals surface area contributed by atoms with Crippen molar-refractivity contribution in [3.05, 3.63) is 6.33 Å². The minimum atomic E-state index is -1.21. The number of aromatic nitrogens is 4. The molecule has 9 nitrogen and oxygen atoms in total. The van der Waals surface area contributed by atoms with Gasteiger partial charge in [0.15, 0.2) is 28.4 Å². The third-order valence-electron chi connectivity index (χ3n) is 4.47. The normalized spacial score (nSPS) is 26.0. The zero-order chi connectivity index (χ0) is 18.7. The van der Waals surface area contributed by atoms with E-state index in [0.29, 0.717) is 16.3 Å². The molecule has 0 bridgehead atoms. The van der Waals surface area contributed by atoms with Crippen LogP contribution in [0.3, 0.4) is 0 Å². The Bertz CT molecular complexity index is 743. The molecule has 0 amide bonds.